The van der Waals surface area contributed by atoms with Crippen LogP contribution in [0.1, 0.15) is 12.1 Å². The van der Waals surface area contributed by atoms with Crippen LogP contribution in [0.3, 0.4) is 0 Å². The minimum absolute atomic E-state index is 0. The Bertz CT molecular complexity index is 306. The Morgan fingerprint density at radius 1 is 1.53 bits per heavy atom. The fourth-order valence-electron chi connectivity index (χ4n) is 1.59. The molecule has 6 heteroatoms. The molecule has 1 aliphatic rings. The van der Waals surface area contributed by atoms with Crippen molar-refractivity contribution in [1.29, 1.82) is 0 Å². The van der Waals surface area contributed by atoms with Crippen LogP contribution >= 0.6 is 24.0 Å². The molecule has 0 amide bonds. The molecule has 0 unspecified atom stereocenters. The van der Waals surface area contributed by atoms with Gasteiger partial charge in [-0.3, -0.25) is 0 Å². The summed E-state index contributed by atoms with van der Waals surface area (Å²) in [6, 6.07) is 2.37. The number of hydrogen-bond donors (Lipinski definition) is 2. The molecule has 0 aromatic carbocycles. The molecule has 1 aromatic heterocycles. The molecule has 2 heterocycles. The number of aromatic nitrogens is 2. The first kappa shape index (κ1) is 12.5. The molecule has 0 radical (unpaired) electrons. The third-order valence-corrected chi connectivity index (χ3v) is 2.41. The predicted molar refractivity (Wildman–Crippen MR) is 63.9 cm³/mol. The van der Waals surface area contributed by atoms with E-state index in [1.54, 1.807) is 0 Å². The van der Waals surface area contributed by atoms with Gasteiger partial charge in [0.25, 0.3) is 0 Å². The van der Waals surface area contributed by atoms with Crippen molar-refractivity contribution in [2.45, 2.75) is 19.4 Å². The van der Waals surface area contributed by atoms with Crippen LogP contribution in [-0.4, -0.2) is 29.1 Å². The average molecular weight is 249 g/mol. The van der Waals surface area contributed by atoms with Gasteiger partial charge in [-0.2, -0.15) is 0 Å². The second-order valence-electron chi connectivity index (χ2n) is 3.50. The topological polar surface area (TPSA) is 49.8 Å². The first-order valence-electron chi connectivity index (χ1n) is 4.72. The summed E-state index contributed by atoms with van der Waals surface area (Å²) in [4.78, 5) is 8.12. The largest absolute Gasteiger partial charge is 0.366 e. The third kappa shape index (κ3) is 3.48. The van der Waals surface area contributed by atoms with Gasteiger partial charge in [0.2, 0.25) is 5.28 Å². The van der Waals surface area contributed by atoms with Gasteiger partial charge in [0.1, 0.15) is 5.82 Å². The van der Waals surface area contributed by atoms with Crippen LogP contribution in [0.25, 0.3) is 0 Å². The molecule has 1 aliphatic heterocycles. The number of halogens is 2. The van der Waals surface area contributed by atoms with E-state index in [9.17, 15) is 0 Å². The van der Waals surface area contributed by atoms with E-state index in [-0.39, 0.29) is 12.4 Å². The lowest BCUT2D eigenvalue weighted by molar-refractivity contribution is 0.786. The van der Waals surface area contributed by atoms with Crippen LogP contribution in [0.5, 0.6) is 0 Å². The number of hydrogen-bond acceptors (Lipinski definition) is 4. The SMILES string of the molecule is Cc1cc(N[C@H]2CCNC2)nc(Cl)n1.Cl. The first-order chi connectivity index (χ1) is 6.74. The maximum absolute atomic E-state index is 5.76. The summed E-state index contributed by atoms with van der Waals surface area (Å²) in [5.41, 5.74) is 0.887. The highest BCUT2D eigenvalue weighted by molar-refractivity contribution is 6.28. The zero-order chi connectivity index (χ0) is 9.97. The van der Waals surface area contributed by atoms with Gasteiger partial charge in [0, 0.05) is 24.3 Å². The summed E-state index contributed by atoms with van der Waals surface area (Å²) in [5.74, 6) is 0.816. The predicted octanol–water partition coefficient (Wildman–Crippen LogP) is 1.63. The van der Waals surface area contributed by atoms with E-state index in [4.69, 9.17) is 11.6 Å². The van der Waals surface area contributed by atoms with Crippen LogP contribution in [0, 0.1) is 6.92 Å². The van der Waals surface area contributed by atoms with Gasteiger partial charge in [0.05, 0.1) is 0 Å². The smallest absolute Gasteiger partial charge is 0.224 e. The van der Waals surface area contributed by atoms with E-state index in [0.29, 0.717) is 11.3 Å². The van der Waals surface area contributed by atoms with Gasteiger partial charge in [-0.1, -0.05) is 0 Å². The number of anilines is 1. The molecule has 1 atom stereocenters. The quantitative estimate of drug-likeness (QED) is 0.782. The monoisotopic (exact) mass is 248 g/mol. The van der Waals surface area contributed by atoms with E-state index in [1.807, 2.05) is 13.0 Å². The van der Waals surface area contributed by atoms with E-state index < -0.39 is 0 Å². The fraction of sp³-hybridized carbons (Fsp3) is 0.556. The lowest BCUT2D eigenvalue weighted by Crippen LogP contribution is -2.22. The second-order valence-corrected chi connectivity index (χ2v) is 3.84. The van der Waals surface area contributed by atoms with Crippen LogP contribution < -0.4 is 10.6 Å². The Kier molecular flexibility index (Phi) is 4.57. The van der Waals surface area contributed by atoms with Crippen molar-refractivity contribution in [2.24, 2.45) is 0 Å². The van der Waals surface area contributed by atoms with E-state index in [0.717, 1.165) is 31.0 Å². The van der Waals surface area contributed by atoms with Crippen LogP contribution in [0.2, 0.25) is 5.28 Å². The Morgan fingerprint density at radius 2 is 2.33 bits per heavy atom. The molecule has 0 saturated carbocycles. The molecule has 1 fully saturated rings. The summed E-state index contributed by atoms with van der Waals surface area (Å²) in [6.45, 7) is 3.96. The van der Waals surface area contributed by atoms with E-state index in [1.165, 1.54) is 0 Å². The third-order valence-electron chi connectivity index (χ3n) is 2.24. The highest BCUT2D eigenvalue weighted by Gasteiger charge is 2.14. The molecule has 0 aliphatic carbocycles. The van der Waals surface area contributed by atoms with Gasteiger partial charge >= 0.3 is 0 Å². The average Bonchev–Trinajstić information content (AvgIpc) is 2.54. The zero-order valence-electron chi connectivity index (χ0n) is 8.46. The summed E-state index contributed by atoms with van der Waals surface area (Å²) >= 11 is 5.76. The Hall–Kier alpha value is -0.580. The van der Waals surface area contributed by atoms with Gasteiger partial charge in [-0.15, -0.1) is 12.4 Å². The van der Waals surface area contributed by atoms with Crippen LogP contribution in [0.4, 0.5) is 5.82 Å². The van der Waals surface area contributed by atoms with E-state index >= 15 is 0 Å². The molecular weight excluding hydrogens is 235 g/mol. The maximum Gasteiger partial charge on any atom is 0.224 e. The standard InChI is InChI=1S/C9H13ClN4.ClH/c1-6-4-8(14-9(10)12-6)13-7-2-3-11-5-7;/h4,7,11H,2-3,5H2,1H3,(H,12,13,14);1H/t7-;/m0./s1. The number of nitrogens with zero attached hydrogens (tertiary/aromatic N) is 2. The van der Waals surface area contributed by atoms with Gasteiger partial charge in [-0.25, -0.2) is 9.97 Å². The highest BCUT2D eigenvalue weighted by Crippen LogP contribution is 2.12. The molecule has 0 spiro atoms. The number of aryl methyl sites for hydroxylation is 1. The van der Waals surface area contributed by atoms with Crippen molar-refractivity contribution < 1.29 is 0 Å². The number of nitrogens with one attached hydrogen (secondary N) is 2. The summed E-state index contributed by atoms with van der Waals surface area (Å²) in [7, 11) is 0. The molecule has 0 bridgehead atoms. The summed E-state index contributed by atoms with van der Waals surface area (Å²) < 4.78 is 0. The lowest BCUT2D eigenvalue weighted by Gasteiger charge is -2.11. The maximum atomic E-state index is 5.76. The van der Waals surface area contributed by atoms with Crippen molar-refractivity contribution in [2.75, 3.05) is 18.4 Å². The van der Waals surface area contributed by atoms with Crippen molar-refractivity contribution >= 4 is 29.8 Å². The van der Waals surface area contributed by atoms with Crippen molar-refractivity contribution in [1.82, 2.24) is 15.3 Å². The van der Waals surface area contributed by atoms with Crippen LogP contribution in [0.15, 0.2) is 6.07 Å². The second kappa shape index (κ2) is 5.49. The van der Waals surface area contributed by atoms with Gasteiger partial charge in [0.15, 0.2) is 0 Å². The summed E-state index contributed by atoms with van der Waals surface area (Å²) in [5, 5.41) is 6.91. The van der Waals surface area contributed by atoms with Gasteiger partial charge in [-0.05, 0) is 31.5 Å². The minimum Gasteiger partial charge on any atom is -0.366 e. The molecule has 1 saturated heterocycles. The highest BCUT2D eigenvalue weighted by atomic mass is 35.5. The van der Waals surface area contributed by atoms with Crippen LogP contribution in [-0.2, 0) is 0 Å². The summed E-state index contributed by atoms with van der Waals surface area (Å²) in [6.07, 6.45) is 1.13. The lowest BCUT2D eigenvalue weighted by atomic mass is 10.2. The molecule has 15 heavy (non-hydrogen) atoms. The molecule has 2 rings (SSSR count). The first-order valence-corrected chi connectivity index (χ1v) is 5.10. The fourth-order valence-corrected chi connectivity index (χ4v) is 1.82. The Balaban J connectivity index is 0.00000112. The molecule has 4 nitrogen and oxygen atoms in total. The van der Waals surface area contributed by atoms with Crippen molar-refractivity contribution in [3.8, 4) is 0 Å². The Morgan fingerprint density at radius 3 is 2.93 bits per heavy atom. The normalized spacial score (nSPS) is 19.7. The number of rotatable bonds is 2. The van der Waals surface area contributed by atoms with Crippen molar-refractivity contribution in [3.63, 3.8) is 0 Å². The molecular formula is C9H14Cl2N4. The molecule has 1 aromatic rings. The van der Waals surface area contributed by atoms with Gasteiger partial charge < -0.3 is 10.6 Å². The zero-order valence-corrected chi connectivity index (χ0v) is 10.0. The van der Waals surface area contributed by atoms with Crippen molar-refractivity contribution in [3.05, 3.63) is 17.0 Å². The molecule has 84 valence electrons. The van der Waals surface area contributed by atoms with E-state index in [2.05, 4.69) is 20.6 Å². The Labute approximate surface area is 100 Å². The minimum atomic E-state index is 0. The molecule has 2 N–H and O–H groups in total.